The highest BCUT2D eigenvalue weighted by molar-refractivity contribution is 7.09. The molecule has 0 spiro atoms. The Balaban J connectivity index is 1.55. The first-order valence-electron chi connectivity index (χ1n) is 7.88. The minimum absolute atomic E-state index is 0.250. The minimum Gasteiger partial charge on any atom is -0.452 e. The van der Waals surface area contributed by atoms with Crippen LogP contribution in [-0.4, -0.2) is 28.0 Å². The second-order valence-electron chi connectivity index (χ2n) is 5.55. The molecule has 0 aliphatic carbocycles. The number of benzene rings is 1. The third-order valence-corrected chi connectivity index (χ3v) is 4.57. The molecule has 0 atom stereocenters. The van der Waals surface area contributed by atoms with Crippen LogP contribution < -0.4 is 11.0 Å². The van der Waals surface area contributed by atoms with Crippen LogP contribution in [0.25, 0.3) is 5.69 Å². The molecule has 1 aromatic carbocycles. The topological polar surface area (TPSA) is 93.2 Å². The molecule has 0 saturated carbocycles. The first-order valence-corrected chi connectivity index (χ1v) is 8.76. The summed E-state index contributed by atoms with van der Waals surface area (Å²) in [5, 5.41) is 4.61. The second-order valence-corrected chi connectivity index (χ2v) is 6.58. The van der Waals surface area contributed by atoms with Crippen molar-refractivity contribution < 1.29 is 14.3 Å². The van der Waals surface area contributed by atoms with Gasteiger partial charge in [-0.3, -0.25) is 9.36 Å². The number of aromatic nitrogens is 2. The molecule has 7 nitrogen and oxygen atoms in total. The summed E-state index contributed by atoms with van der Waals surface area (Å²) in [5.74, 6) is -0.959. The number of rotatable bonds is 6. The van der Waals surface area contributed by atoms with Gasteiger partial charge in [-0.05, 0) is 42.6 Å². The molecule has 3 aromatic rings. The summed E-state index contributed by atoms with van der Waals surface area (Å²) in [6, 6.07) is 10.2. The van der Waals surface area contributed by atoms with Crippen LogP contribution in [0.4, 0.5) is 0 Å². The molecule has 2 heterocycles. The van der Waals surface area contributed by atoms with Crippen LogP contribution in [0.5, 0.6) is 0 Å². The summed E-state index contributed by atoms with van der Waals surface area (Å²) >= 11 is 1.54. The number of esters is 1. The number of carbonyl (C=O) groups is 2. The lowest BCUT2D eigenvalue weighted by atomic mass is 10.2. The van der Waals surface area contributed by atoms with E-state index in [0.717, 1.165) is 10.6 Å². The number of nitrogens with one attached hydrogen (secondary N) is 2. The molecule has 0 saturated heterocycles. The Kier molecular flexibility index (Phi) is 5.33. The number of carbonyl (C=O) groups excluding carboxylic acids is 2. The van der Waals surface area contributed by atoms with Crippen molar-refractivity contribution in [2.24, 2.45) is 0 Å². The number of hydrogen-bond acceptors (Lipinski definition) is 5. The van der Waals surface area contributed by atoms with E-state index in [1.165, 1.54) is 15.9 Å². The van der Waals surface area contributed by atoms with Gasteiger partial charge in [-0.1, -0.05) is 6.07 Å². The fourth-order valence-corrected chi connectivity index (χ4v) is 3.03. The van der Waals surface area contributed by atoms with Crippen LogP contribution in [0.1, 0.15) is 20.9 Å². The number of imidazole rings is 1. The molecular formula is C18H17N3O4S. The predicted molar refractivity (Wildman–Crippen MR) is 97.6 cm³/mol. The van der Waals surface area contributed by atoms with Crippen molar-refractivity contribution in [3.63, 3.8) is 0 Å². The highest BCUT2D eigenvalue weighted by Gasteiger charge is 2.11. The molecular weight excluding hydrogens is 354 g/mol. The fraction of sp³-hybridized carbons (Fsp3) is 0.167. The van der Waals surface area contributed by atoms with E-state index in [0.29, 0.717) is 17.8 Å². The predicted octanol–water partition coefficient (Wildman–Crippen LogP) is 2.01. The molecule has 1 amide bonds. The van der Waals surface area contributed by atoms with Crippen LogP contribution in [0.3, 0.4) is 0 Å². The molecule has 0 unspecified atom stereocenters. The van der Waals surface area contributed by atoms with E-state index in [4.69, 9.17) is 4.74 Å². The van der Waals surface area contributed by atoms with Gasteiger partial charge in [-0.15, -0.1) is 11.3 Å². The third kappa shape index (κ3) is 4.09. The monoisotopic (exact) mass is 371 g/mol. The Morgan fingerprint density at radius 1 is 1.23 bits per heavy atom. The number of thiophene rings is 1. The first kappa shape index (κ1) is 17.7. The smallest absolute Gasteiger partial charge is 0.338 e. The first-order chi connectivity index (χ1) is 12.5. The molecule has 26 heavy (non-hydrogen) atoms. The molecule has 3 rings (SSSR count). The van der Waals surface area contributed by atoms with Crippen molar-refractivity contribution in [3.8, 4) is 5.69 Å². The van der Waals surface area contributed by atoms with Crippen molar-refractivity contribution in [3.05, 3.63) is 74.6 Å². The quantitative estimate of drug-likeness (QED) is 0.648. The van der Waals surface area contributed by atoms with E-state index in [9.17, 15) is 14.4 Å². The number of amides is 1. The zero-order valence-corrected chi connectivity index (χ0v) is 14.8. The van der Waals surface area contributed by atoms with Crippen molar-refractivity contribution in [1.29, 1.82) is 0 Å². The van der Waals surface area contributed by atoms with Crippen molar-refractivity contribution in [2.45, 2.75) is 13.5 Å². The van der Waals surface area contributed by atoms with Crippen LogP contribution in [0.2, 0.25) is 0 Å². The average molecular weight is 371 g/mol. The zero-order chi connectivity index (χ0) is 18.5. The van der Waals surface area contributed by atoms with Crippen molar-refractivity contribution in [2.75, 3.05) is 6.61 Å². The van der Waals surface area contributed by atoms with Gasteiger partial charge in [-0.25, -0.2) is 9.59 Å². The van der Waals surface area contributed by atoms with E-state index < -0.39 is 5.97 Å². The number of nitrogens with zero attached hydrogens (tertiary/aromatic N) is 1. The van der Waals surface area contributed by atoms with Gasteiger partial charge in [0.2, 0.25) is 0 Å². The van der Waals surface area contributed by atoms with Crippen LogP contribution in [0, 0.1) is 6.92 Å². The van der Waals surface area contributed by atoms with Gasteiger partial charge in [0.15, 0.2) is 6.61 Å². The summed E-state index contributed by atoms with van der Waals surface area (Å²) < 4.78 is 6.51. The molecule has 0 aliphatic rings. The highest BCUT2D eigenvalue weighted by atomic mass is 32.1. The molecule has 8 heteroatoms. The normalized spacial score (nSPS) is 10.5. The maximum absolute atomic E-state index is 12.0. The summed E-state index contributed by atoms with van der Waals surface area (Å²) in [6.45, 7) is 1.87. The number of H-pyrrole nitrogens is 1. The van der Waals surface area contributed by atoms with Crippen LogP contribution in [0.15, 0.2) is 52.8 Å². The maximum atomic E-state index is 12.0. The van der Waals surface area contributed by atoms with Gasteiger partial charge < -0.3 is 15.0 Å². The number of aryl methyl sites for hydroxylation is 1. The summed E-state index contributed by atoms with van der Waals surface area (Å²) in [7, 11) is 0. The van der Waals surface area contributed by atoms with Gasteiger partial charge in [0, 0.05) is 16.8 Å². The molecule has 0 aliphatic heterocycles. The Labute approximate surface area is 153 Å². The van der Waals surface area contributed by atoms with Crippen molar-refractivity contribution >= 4 is 23.2 Å². The van der Waals surface area contributed by atoms with Crippen LogP contribution in [-0.2, 0) is 16.1 Å². The maximum Gasteiger partial charge on any atom is 0.338 e. The van der Waals surface area contributed by atoms with Gasteiger partial charge in [-0.2, -0.15) is 0 Å². The molecule has 2 aromatic heterocycles. The van der Waals surface area contributed by atoms with Crippen LogP contribution >= 0.6 is 11.3 Å². The van der Waals surface area contributed by atoms with Gasteiger partial charge in [0.05, 0.1) is 17.8 Å². The van der Waals surface area contributed by atoms with E-state index >= 15 is 0 Å². The summed E-state index contributed by atoms with van der Waals surface area (Å²) in [5.41, 5.74) is 1.45. The Hall–Kier alpha value is -3.13. The molecule has 0 radical (unpaired) electrons. The fourth-order valence-electron chi connectivity index (χ4n) is 2.39. The minimum atomic E-state index is -0.596. The molecule has 0 bridgehead atoms. The highest BCUT2D eigenvalue weighted by Crippen LogP contribution is 2.11. The third-order valence-electron chi connectivity index (χ3n) is 3.70. The average Bonchev–Trinajstić information content (AvgIpc) is 3.28. The van der Waals surface area contributed by atoms with Crippen molar-refractivity contribution in [1.82, 2.24) is 14.9 Å². The molecule has 0 fully saturated rings. The largest absolute Gasteiger partial charge is 0.452 e. The number of aromatic amines is 1. The van der Waals surface area contributed by atoms with E-state index in [1.54, 1.807) is 37.4 Å². The standard InChI is InChI=1S/C18H17N3O4S/c1-12-9-20-18(24)21(12)14-6-4-13(5-7-14)17(23)25-11-16(22)19-10-15-3-2-8-26-15/h2-9H,10-11H2,1H3,(H,19,22)(H,20,24). The number of hydrogen-bond donors (Lipinski definition) is 2. The molecule has 2 N–H and O–H groups in total. The van der Waals surface area contributed by atoms with E-state index in [-0.39, 0.29) is 18.2 Å². The lowest BCUT2D eigenvalue weighted by molar-refractivity contribution is -0.124. The summed E-state index contributed by atoms with van der Waals surface area (Å²) in [4.78, 5) is 39.2. The lowest BCUT2D eigenvalue weighted by Gasteiger charge is -2.07. The number of ether oxygens (including phenoxy) is 1. The lowest BCUT2D eigenvalue weighted by Crippen LogP contribution is -2.28. The Morgan fingerprint density at radius 3 is 2.62 bits per heavy atom. The van der Waals surface area contributed by atoms with Gasteiger partial charge in [0.25, 0.3) is 5.91 Å². The van der Waals surface area contributed by atoms with E-state index in [2.05, 4.69) is 10.3 Å². The Morgan fingerprint density at radius 2 is 2.00 bits per heavy atom. The van der Waals surface area contributed by atoms with Gasteiger partial charge >= 0.3 is 11.7 Å². The second kappa shape index (κ2) is 7.83. The van der Waals surface area contributed by atoms with Gasteiger partial charge in [0.1, 0.15) is 0 Å². The molecule has 134 valence electrons. The van der Waals surface area contributed by atoms with E-state index in [1.807, 2.05) is 17.5 Å². The summed E-state index contributed by atoms with van der Waals surface area (Å²) in [6.07, 6.45) is 1.61. The Bertz CT molecular complexity index is 955. The zero-order valence-electron chi connectivity index (χ0n) is 14.0. The SMILES string of the molecule is Cc1c[nH]c(=O)n1-c1ccc(C(=O)OCC(=O)NCc2cccs2)cc1.